The Morgan fingerprint density at radius 2 is 2.10 bits per heavy atom. The van der Waals surface area contributed by atoms with Crippen LogP contribution in [0.4, 0.5) is 0 Å². The first-order valence-corrected chi connectivity index (χ1v) is 2.87. The second kappa shape index (κ2) is 1.47. The molecule has 4 N–H and O–H groups in total. The average Bonchev–Trinajstić information content (AvgIpc) is 2.39. The Kier molecular flexibility index (Phi) is 0.768. The quantitative estimate of drug-likeness (QED) is 0.468. The van der Waals surface area contributed by atoms with Crippen LogP contribution in [0.25, 0.3) is 0 Å². The number of hydrogen-bond donors (Lipinski definition) is 2. The second-order valence-electron chi connectivity index (χ2n) is 2.12. The van der Waals surface area contributed by atoms with Crippen LogP contribution in [0, 0.1) is 0 Å². The molecule has 0 saturated carbocycles. The van der Waals surface area contributed by atoms with Crippen molar-refractivity contribution >= 4 is 12.1 Å². The zero-order valence-corrected chi connectivity index (χ0v) is 5.20. The molecule has 0 saturated heterocycles. The van der Waals surface area contributed by atoms with E-state index in [-0.39, 0.29) is 0 Å². The molecule has 2 aliphatic heterocycles. The minimum absolute atomic E-state index is 0.463. The van der Waals surface area contributed by atoms with E-state index in [2.05, 4.69) is 9.98 Å². The lowest BCUT2D eigenvalue weighted by atomic mass is 10.1. The molecule has 2 heterocycles. The lowest BCUT2D eigenvalue weighted by Crippen LogP contribution is -2.11. The van der Waals surface area contributed by atoms with E-state index in [1.807, 2.05) is 0 Å². The molecule has 2 rings (SSSR count). The van der Waals surface area contributed by atoms with Crippen LogP contribution in [0.5, 0.6) is 0 Å². The Morgan fingerprint density at radius 3 is 2.80 bits per heavy atom. The van der Waals surface area contributed by atoms with Gasteiger partial charge in [0.15, 0.2) is 0 Å². The Labute approximate surface area is 57.6 Å². The van der Waals surface area contributed by atoms with Crippen molar-refractivity contribution in [3.63, 3.8) is 0 Å². The van der Waals surface area contributed by atoms with Crippen LogP contribution >= 0.6 is 0 Å². The van der Waals surface area contributed by atoms with Crippen LogP contribution < -0.4 is 11.5 Å². The van der Waals surface area contributed by atoms with Crippen molar-refractivity contribution in [2.75, 3.05) is 0 Å². The van der Waals surface area contributed by atoms with Crippen molar-refractivity contribution in [3.8, 4) is 0 Å². The van der Waals surface area contributed by atoms with Gasteiger partial charge in [-0.1, -0.05) is 0 Å². The average molecular weight is 134 g/mol. The fourth-order valence-corrected chi connectivity index (χ4v) is 0.984. The molecule has 0 fully saturated rings. The van der Waals surface area contributed by atoms with Gasteiger partial charge in [0, 0.05) is 23.6 Å². The normalized spacial score (nSPS) is 21.2. The Hall–Kier alpha value is -1.58. The molecular weight excluding hydrogens is 128 g/mol. The van der Waals surface area contributed by atoms with E-state index in [9.17, 15) is 0 Å². The molecule has 0 atom stereocenters. The standard InChI is InChI=1S/C6H6N4/c7-5-3-1-9-2-4(3)6(8)10-5/h1-2H,(H4,7,8,10). The number of hydrogen-bond acceptors (Lipinski definition) is 4. The number of nitrogens with zero attached hydrogens (tertiary/aromatic N) is 2. The van der Waals surface area contributed by atoms with Crippen molar-refractivity contribution in [2.24, 2.45) is 21.5 Å². The molecule has 50 valence electrons. The SMILES string of the molecule is NC1=NC(N)=C2C=NC=C12. The van der Waals surface area contributed by atoms with Gasteiger partial charge in [0.05, 0.1) is 0 Å². The van der Waals surface area contributed by atoms with E-state index in [0.29, 0.717) is 11.7 Å². The van der Waals surface area contributed by atoms with Crippen molar-refractivity contribution in [1.82, 2.24) is 0 Å². The summed E-state index contributed by atoms with van der Waals surface area (Å²) >= 11 is 0. The van der Waals surface area contributed by atoms with Gasteiger partial charge in [-0.25, -0.2) is 4.99 Å². The summed E-state index contributed by atoms with van der Waals surface area (Å²) in [4.78, 5) is 7.75. The highest BCUT2D eigenvalue weighted by Gasteiger charge is 2.20. The van der Waals surface area contributed by atoms with Gasteiger partial charge >= 0.3 is 0 Å². The summed E-state index contributed by atoms with van der Waals surface area (Å²) in [5.74, 6) is 0.926. The molecule has 0 radical (unpaired) electrons. The largest absolute Gasteiger partial charge is 0.383 e. The highest BCUT2D eigenvalue weighted by atomic mass is 15.0. The molecule has 4 heteroatoms. The highest BCUT2D eigenvalue weighted by molar-refractivity contribution is 6.13. The van der Waals surface area contributed by atoms with Gasteiger partial charge in [-0.15, -0.1) is 0 Å². The molecule has 0 spiro atoms. The summed E-state index contributed by atoms with van der Waals surface area (Å²) in [5, 5.41) is 0. The molecule has 0 bridgehead atoms. The fraction of sp³-hybridized carbons (Fsp3) is 0. The third-order valence-corrected chi connectivity index (χ3v) is 1.49. The Balaban J connectivity index is 2.59. The molecule has 2 aliphatic rings. The predicted molar refractivity (Wildman–Crippen MR) is 39.4 cm³/mol. The summed E-state index contributed by atoms with van der Waals surface area (Å²) < 4.78 is 0. The molecule has 0 aromatic rings. The molecule has 0 aliphatic carbocycles. The summed E-state index contributed by atoms with van der Waals surface area (Å²) in [6.45, 7) is 0. The van der Waals surface area contributed by atoms with Gasteiger partial charge in [-0.05, 0) is 0 Å². The second-order valence-corrected chi connectivity index (χ2v) is 2.12. The first kappa shape index (κ1) is 5.22. The predicted octanol–water partition coefficient (Wildman–Crippen LogP) is -0.504. The van der Waals surface area contributed by atoms with Crippen molar-refractivity contribution in [2.45, 2.75) is 0 Å². The van der Waals surface area contributed by atoms with Gasteiger partial charge in [0.1, 0.15) is 11.7 Å². The topological polar surface area (TPSA) is 76.8 Å². The first-order valence-electron chi connectivity index (χ1n) is 2.87. The van der Waals surface area contributed by atoms with Gasteiger partial charge in [-0.3, -0.25) is 4.99 Å². The molecule has 0 aromatic carbocycles. The summed E-state index contributed by atoms with van der Waals surface area (Å²) in [6.07, 6.45) is 3.32. The minimum Gasteiger partial charge on any atom is -0.383 e. The maximum atomic E-state index is 5.49. The zero-order chi connectivity index (χ0) is 7.14. The fourth-order valence-electron chi connectivity index (χ4n) is 0.984. The molecule has 4 nitrogen and oxygen atoms in total. The highest BCUT2D eigenvalue weighted by Crippen LogP contribution is 2.22. The lowest BCUT2D eigenvalue weighted by Gasteiger charge is -1.89. The first-order chi connectivity index (χ1) is 4.79. The van der Waals surface area contributed by atoms with E-state index < -0.39 is 0 Å². The summed E-state index contributed by atoms with van der Waals surface area (Å²) in [5.41, 5.74) is 12.7. The van der Waals surface area contributed by atoms with Crippen LogP contribution in [0.1, 0.15) is 0 Å². The molecule has 0 unspecified atom stereocenters. The van der Waals surface area contributed by atoms with E-state index in [1.54, 1.807) is 12.4 Å². The third kappa shape index (κ3) is 0.452. The van der Waals surface area contributed by atoms with Gasteiger partial charge < -0.3 is 11.5 Å². The maximum absolute atomic E-state index is 5.49. The number of amidine groups is 1. The van der Waals surface area contributed by atoms with E-state index in [1.165, 1.54) is 0 Å². The van der Waals surface area contributed by atoms with Crippen LogP contribution in [-0.2, 0) is 0 Å². The lowest BCUT2D eigenvalue weighted by molar-refractivity contribution is 1.25. The minimum atomic E-state index is 0.463. The smallest absolute Gasteiger partial charge is 0.135 e. The van der Waals surface area contributed by atoms with Gasteiger partial charge in [-0.2, -0.15) is 0 Å². The van der Waals surface area contributed by atoms with Gasteiger partial charge in [0.2, 0.25) is 0 Å². The molecule has 10 heavy (non-hydrogen) atoms. The Morgan fingerprint density at radius 1 is 1.30 bits per heavy atom. The zero-order valence-electron chi connectivity index (χ0n) is 5.20. The molecule has 0 aromatic heterocycles. The summed E-state index contributed by atoms with van der Waals surface area (Å²) in [7, 11) is 0. The van der Waals surface area contributed by atoms with Crippen LogP contribution in [-0.4, -0.2) is 12.1 Å². The van der Waals surface area contributed by atoms with Crippen molar-refractivity contribution in [1.29, 1.82) is 0 Å². The van der Waals surface area contributed by atoms with Crippen LogP contribution in [0.2, 0.25) is 0 Å². The third-order valence-electron chi connectivity index (χ3n) is 1.49. The molecular formula is C6H6N4. The van der Waals surface area contributed by atoms with E-state index >= 15 is 0 Å². The van der Waals surface area contributed by atoms with Crippen LogP contribution in [0.15, 0.2) is 33.2 Å². The molecule has 0 amide bonds. The van der Waals surface area contributed by atoms with Crippen LogP contribution in [0.3, 0.4) is 0 Å². The maximum Gasteiger partial charge on any atom is 0.135 e. The summed E-state index contributed by atoms with van der Waals surface area (Å²) in [6, 6.07) is 0. The van der Waals surface area contributed by atoms with Crippen molar-refractivity contribution in [3.05, 3.63) is 23.2 Å². The monoisotopic (exact) mass is 134 g/mol. The Bertz CT molecular complexity index is 299. The van der Waals surface area contributed by atoms with Gasteiger partial charge in [0.25, 0.3) is 0 Å². The number of rotatable bonds is 0. The number of nitrogens with two attached hydrogens (primary N) is 2. The van der Waals surface area contributed by atoms with E-state index in [4.69, 9.17) is 11.5 Å². The van der Waals surface area contributed by atoms with Crippen molar-refractivity contribution < 1.29 is 0 Å². The van der Waals surface area contributed by atoms with E-state index in [0.717, 1.165) is 11.1 Å². The number of aliphatic imine (C=N–C) groups is 2. The number of fused-ring (bicyclic) bond motifs is 1.